The van der Waals surface area contributed by atoms with Gasteiger partial charge in [0.05, 0.1) is 26.0 Å². The molecule has 0 aliphatic carbocycles. The molecule has 0 spiro atoms. The lowest BCUT2D eigenvalue weighted by Gasteiger charge is -2.09. The van der Waals surface area contributed by atoms with Gasteiger partial charge in [-0.15, -0.1) is 0 Å². The highest BCUT2D eigenvalue weighted by molar-refractivity contribution is 7.98. The lowest BCUT2D eigenvalue weighted by atomic mass is 10.1. The first-order chi connectivity index (χ1) is 10.4. The molecule has 0 aliphatic rings. The molecule has 0 aliphatic heterocycles. The summed E-state index contributed by atoms with van der Waals surface area (Å²) in [6.07, 6.45) is -2.89. The van der Waals surface area contributed by atoms with Crippen molar-refractivity contribution in [1.29, 1.82) is 0 Å². The van der Waals surface area contributed by atoms with Gasteiger partial charge in [0.15, 0.2) is 10.9 Å². The first-order valence-corrected chi connectivity index (χ1v) is 7.16. The molecule has 0 fully saturated rings. The quantitative estimate of drug-likeness (QED) is 0.616. The van der Waals surface area contributed by atoms with Crippen molar-refractivity contribution in [3.8, 4) is 11.6 Å². The molecule has 0 amide bonds. The normalized spacial score (nSPS) is 11.3. The van der Waals surface area contributed by atoms with Crippen LogP contribution in [0.2, 0.25) is 0 Å². The van der Waals surface area contributed by atoms with Crippen molar-refractivity contribution in [2.24, 2.45) is 0 Å². The molecule has 0 bridgehead atoms. The zero-order valence-electron chi connectivity index (χ0n) is 11.8. The number of hydrogen-bond acceptors (Lipinski definition) is 5. The third-order valence-electron chi connectivity index (χ3n) is 2.74. The van der Waals surface area contributed by atoms with Crippen LogP contribution in [0.1, 0.15) is 11.1 Å². The molecule has 0 saturated heterocycles. The van der Waals surface area contributed by atoms with Crippen LogP contribution < -0.4 is 9.47 Å². The summed E-state index contributed by atoms with van der Waals surface area (Å²) >= 11 is 1.22. The van der Waals surface area contributed by atoms with E-state index in [1.165, 1.54) is 38.2 Å². The Morgan fingerprint density at radius 2 is 1.95 bits per heavy atom. The maximum absolute atomic E-state index is 12.7. The first kappa shape index (κ1) is 16.4. The third-order valence-corrected chi connectivity index (χ3v) is 3.67. The Kier molecular flexibility index (Phi) is 5.12. The van der Waals surface area contributed by atoms with Crippen LogP contribution in [0.25, 0.3) is 0 Å². The highest BCUT2D eigenvalue weighted by Crippen LogP contribution is 2.31. The van der Waals surface area contributed by atoms with E-state index in [1.54, 1.807) is 6.07 Å². The number of alkyl halides is 3. The van der Waals surface area contributed by atoms with E-state index in [2.05, 4.69) is 9.97 Å². The van der Waals surface area contributed by atoms with Gasteiger partial charge in [0.2, 0.25) is 0 Å². The van der Waals surface area contributed by atoms with Crippen LogP contribution in [0.15, 0.2) is 35.6 Å². The summed E-state index contributed by atoms with van der Waals surface area (Å²) in [6, 6.07) is 5.17. The number of benzene rings is 1. The Hall–Kier alpha value is -1.96. The van der Waals surface area contributed by atoms with E-state index >= 15 is 0 Å². The molecular weight excluding hydrogens is 317 g/mol. The van der Waals surface area contributed by atoms with Crippen molar-refractivity contribution in [2.45, 2.75) is 17.1 Å². The van der Waals surface area contributed by atoms with Crippen molar-refractivity contribution in [1.82, 2.24) is 9.97 Å². The van der Waals surface area contributed by atoms with E-state index in [0.717, 1.165) is 12.1 Å². The predicted octanol–water partition coefficient (Wildman–Crippen LogP) is 3.80. The largest absolute Gasteiger partial charge is 0.490 e. The van der Waals surface area contributed by atoms with Gasteiger partial charge >= 0.3 is 6.18 Å². The third kappa shape index (κ3) is 4.03. The number of ether oxygens (including phenoxy) is 2. The topological polar surface area (TPSA) is 44.2 Å². The maximum atomic E-state index is 12.7. The van der Waals surface area contributed by atoms with Gasteiger partial charge in [0.25, 0.3) is 5.88 Å². The first-order valence-electron chi connectivity index (χ1n) is 6.18. The van der Waals surface area contributed by atoms with Crippen molar-refractivity contribution in [2.75, 3.05) is 14.2 Å². The molecule has 1 aromatic heterocycles. The molecule has 4 nitrogen and oxygen atoms in total. The second-order valence-corrected chi connectivity index (χ2v) is 5.16. The summed E-state index contributed by atoms with van der Waals surface area (Å²) in [7, 11) is 2.92. The molecule has 0 radical (unpaired) electrons. The molecular formula is C14H13F3N2O2S. The number of rotatable bonds is 5. The van der Waals surface area contributed by atoms with E-state index < -0.39 is 11.7 Å². The van der Waals surface area contributed by atoms with Gasteiger partial charge in [-0.1, -0.05) is 30.0 Å². The number of thioether (sulfide) groups is 1. The molecule has 0 saturated carbocycles. The zero-order chi connectivity index (χ0) is 16.2. The van der Waals surface area contributed by atoms with Gasteiger partial charge < -0.3 is 9.47 Å². The van der Waals surface area contributed by atoms with Crippen LogP contribution in [-0.4, -0.2) is 24.2 Å². The molecule has 118 valence electrons. The van der Waals surface area contributed by atoms with E-state index in [4.69, 9.17) is 9.47 Å². The maximum Gasteiger partial charge on any atom is 0.416 e. The van der Waals surface area contributed by atoms with Gasteiger partial charge in [-0.3, -0.25) is 0 Å². The fourth-order valence-corrected chi connectivity index (χ4v) is 2.43. The monoisotopic (exact) mass is 330 g/mol. The number of hydrogen-bond donors (Lipinski definition) is 0. The van der Waals surface area contributed by atoms with Crippen LogP contribution in [0, 0.1) is 0 Å². The minimum atomic E-state index is -4.35. The van der Waals surface area contributed by atoms with Crippen molar-refractivity contribution < 1.29 is 22.6 Å². The van der Waals surface area contributed by atoms with E-state index in [9.17, 15) is 13.2 Å². The Bertz CT molecular complexity index is 650. The lowest BCUT2D eigenvalue weighted by Crippen LogP contribution is -2.05. The summed E-state index contributed by atoms with van der Waals surface area (Å²) in [5.41, 5.74) is -0.128. The minimum absolute atomic E-state index is 0.282. The molecule has 1 aromatic carbocycles. The molecule has 0 N–H and O–H groups in total. The van der Waals surface area contributed by atoms with E-state index in [1.807, 2.05) is 0 Å². The fraction of sp³-hybridized carbons (Fsp3) is 0.286. The fourth-order valence-electron chi connectivity index (χ4n) is 1.68. The second-order valence-electron chi connectivity index (χ2n) is 4.22. The Morgan fingerprint density at radius 3 is 2.59 bits per heavy atom. The molecule has 22 heavy (non-hydrogen) atoms. The number of methoxy groups -OCH3 is 2. The van der Waals surface area contributed by atoms with Gasteiger partial charge in [0, 0.05) is 5.75 Å². The molecule has 1 heterocycles. The van der Waals surface area contributed by atoms with Gasteiger partial charge in [-0.25, -0.2) is 4.98 Å². The van der Waals surface area contributed by atoms with Crippen LogP contribution in [0.4, 0.5) is 13.2 Å². The molecule has 0 atom stereocenters. The van der Waals surface area contributed by atoms with Crippen LogP contribution in [-0.2, 0) is 11.9 Å². The summed E-state index contributed by atoms with van der Waals surface area (Å²) in [4.78, 5) is 8.20. The van der Waals surface area contributed by atoms with Crippen molar-refractivity contribution in [3.63, 3.8) is 0 Å². The minimum Gasteiger partial charge on any atom is -0.490 e. The smallest absolute Gasteiger partial charge is 0.416 e. The Morgan fingerprint density at radius 1 is 1.18 bits per heavy atom. The van der Waals surface area contributed by atoms with Crippen molar-refractivity contribution in [3.05, 3.63) is 41.6 Å². The number of halogens is 3. The molecule has 2 rings (SSSR count). The average molecular weight is 330 g/mol. The van der Waals surface area contributed by atoms with Crippen LogP contribution >= 0.6 is 11.8 Å². The summed E-state index contributed by atoms with van der Waals surface area (Å²) in [5.74, 6) is 0.995. The second kappa shape index (κ2) is 6.87. The highest BCUT2D eigenvalue weighted by Gasteiger charge is 2.30. The highest BCUT2D eigenvalue weighted by atomic mass is 32.2. The molecule has 0 unspecified atom stereocenters. The van der Waals surface area contributed by atoms with E-state index in [-0.39, 0.29) is 5.88 Å². The number of aromatic nitrogens is 2. The Balaban J connectivity index is 2.10. The zero-order valence-corrected chi connectivity index (χ0v) is 12.7. The van der Waals surface area contributed by atoms with Gasteiger partial charge in [-0.2, -0.15) is 18.2 Å². The van der Waals surface area contributed by atoms with Crippen molar-refractivity contribution >= 4 is 11.8 Å². The summed E-state index contributed by atoms with van der Waals surface area (Å²) < 4.78 is 48.0. The summed E-state index contributed by atoms with van der Waals surface area (Å²) in [6.45, 7) is 0. The molecule has 8 heteroatoms. The predicted molar refractivity (Wildman–Crippen MR) is 76.1 cm³/mol. The standard InChI is InChI=1S/C14H13F3N2O2S/c1-20-11-7-18-13(19-12(11)21-2)22-8-9-4-3-5-10(6-9)14(15,16)17/h3-7H,8H2,1-2H3. The molecule has 2 aromatic rings. The van der Waals surface area contributed by atoms with Crippen LogP contribution in [0.5, 0.6) is 11.6 Å². The van der Waals surface area contributed by atoms with Crippen LogP contribution in [0.3, 0.4) is 0 Å². The van der Waals surface area contributed by atoms with Gasteiger partial charge in [0.1, 0.15) is 0 Å². The number of nitrogens with zero attached hydrogens (tertiary/aromatic N) is 2. The summed E-state index contributed by atoms with van der Waals surface area (Å²) in [5, 5.41) is 0.398. The SMILES string of the molecule is COc1cnc(SCc2cccc(C(F)(F)F)c2)nc1OC. The lowest BCUT2D eigenvalue weighted by molar-refractivity contribution is -0.137. The Labute approximate surface area is 129 Å². The van der Waals surface area contributed by atoms with E-state index in [0.29, 0.717) is 22.2 Å². The average Bonchev–Trinajstić information content (AvgIpc) is 2.52. The van der Waals surface area contributed by atoms with Gasteiger partial charge in [-0.05, 0) is 11.6 Å².